The summed E-state index contributed by atoms with van der Waals surface area (Å²) in [5.41, 5.74) is 3.00. The van der Waals surface area contributed by atoms with Crippen molar-refractivity contribution in [2.24, 2.45) is 0 Å². The van der Waals surface area contributed by atoms with Gasteiger partial charge >= 0.3 is 5.97 Å². The third kappa shape index (κ3) is 7.88. The first-order valence-electron chi connectivity index (χ1n) is 11.8. The maximum absolute atomic E-state index is 12.7. The summed E-state index contributed by atoms with van der Waals surface area (Å²) in [6, 6.07) is 8.24. The highest BCUT2D eigenvalue weighted by molar-refractivity contribution is 7.93. The van der Waals surface area contributed by atoms with Crippen LogP contribution in [0.1, 0.15) is 51.1 Å². The van der Waals surface area contributed by atoms with Crippen molar-refractivity contribution in [2.75, 3.05) is 18.0 Å². The van der Waals surface area contributed by atoms with E-state index >= 15 is 0 Å². The first-order valence-corrected chi connectivity index (χ1v) is 14.1. The van der Waals surface area contributed by atoms with E-state index in [2.05, 4.69) is 47.9 Å². The molecule has 2 rings (SSSR count). The number of aliphatic carboxylic acids is 1. The van der Waals surface area contributed by atoms with Crippen molar-refractivity contribution in [3.05, 3.63) is 69.7 Å². The fraction of sp³-hybridized carbons (Fsp3) is 0.385. The van der Waals surface area contributed by atoms with E-state index in [0.29, 0.717) is 6.42 Å². The van der Waals surface area contributed by atoms with E-state index in [1.807, 2.05) is 19.1 Å². The quantitative estimate of drug-likeness (QED) is 0.263. The third-order valence-electron chi connectivity index (χ3n) is 5.40. The lowest BCUT2D eigenvalue weighted by Gasteiger charge is -2.18. The van der Waals surface area contributed by atoms with Gasteiger partial charge in [0.25, 0.3) is 0 Å². The summed E-state index contributed by atoms with van der Waals surface area (Å²) in [5, 5.41) is 10.1. The van der Waals surface area contributed by atoms with Gasteiger partial charge < -0.3 is 10.0 Å². The number of allylic oxidation sites excluding steroid dienone is 3. The maximum atomic E-state index is 12.7. The number of aryl methyl sites for hydroxylation is 1. The van der Waals surface area contributed by atoms with Gasteiger partial charge in [-0.05, 0) is 58.0 Å². The number of benzene rings is 1. The van der Waals surface area contributed by atoms with Crippen molar-refractivity contribution in [1.29, 1.82) is 0 Å². The zero-order chi connectivity index (χ0) is 26.0. The fourth-order valence-corrected chi connectivity index (χ4v) is 5.50. The molecule has 0 amide bonds. The van der Waals surface area contributed by atoms with Crippen molar-refractivity contribution in [3.63, 3.8) is 0 Å². The van der Waals surface area contributed by atoms with Gasteiger partial charge in [0.05, 0.1) is 10.6 Å². The predicted molar refractivity (Wildman–Crippen MR) is 145 cm³/mol. The van der Waals surface area contributed by atoms with E-state index < -0.39 is 16.0 Å². The van der Waals surface area contributed by atoms with E-state index in [1.54, 1.807) is 25.2 Å². The fourth-order valence-electron chi connectivity index (χ4n) is 3.40. The van der Waals surface area contributed by atoms with Crippen molar-refractivity contribution >= 4 is 33.0 Å². The first-order chi connectivity index (χ1) is 16.7. The van der Waals surface area contributed by atoms with Crippen molar-refractivity contribution in [3.8, 4) is 10.6 Å². The number of anilines is 1. The van der Waals surface area contributed by atoms with Crippen molar-refractivity contribution in [2.45, 2.75) is 53.9 Å². The van der Waals surface area contributed by atoms with Crippen LogP contribution >= 0.6 is 11.3 Å². The van der Waals surface area contributed by atoms with Crippen LogP contribution in [0.2, 0.25) is 0 Å². The number of nitrogens with one attached hydrogen (secondary N) is 1. The minimum absolute atomic E-state index is 0.0394. The van der Waals surface area contributed by atoms with Crippen LogP contribution < -0.4 is 9.62 Å². The van der Waals surface area contributed by atoms with Crippen LogP contribution in [0.25, 0.3) is 10.6 Å². The van der Waals surface area contributed by atoms with E-state index in [0.717, 1.165) is 39.8 Å². The number of carboxylic acids is 1. The van der Waals surface area contributed by atoms with Gasteiger partial charge in [-0.1, -0.05) is 38.1 Å². The van der Waals surface area contributed by atoms with E-state index in [9.17, 15) is 18.3 Å². The average Bonchev–Trinajstić information content (AvgIpc) is 3.20. The monoisotopic (exact) mass is 517 g/mol. The standard InChI is InChI=1S/C26H35N3O4S2/c1-6-10-16-29(9-4)22-13-11-12-21(17-22)25-28-24(19(5)34-25)14-15-27-35(32,33)23(8-3)18-20(7-2)26(30)31/h8,10-13,16-18,27H,6-7,9,14-15H2,1-5H3,(H,30,31)/b16-10-,20-18+,23-8+. The van der Waals surface area contributed by atoms with Gasteiger partial charge in [0.15, 0.2) is 0 Å². The molecule has 0 unspecified atom stereocenters. The Balaban J connectivity index is 2.15. The molecule has 0 aliphatic carbocycles. The molecule has 0 aliphatic rings. The van der Waals surface area contributed by atoms with E-state index in [-0.39, 0.29) is 23.4 Å². The zero-order valence-corrected chi connectivity index (χ0v) is 22.7. The normalized spacial score (nSPS) is 12.9. The molecule has 0 atom stereocenters. The average molecular weight is 518 g/mol. The van der Waals surface area contributed by atoms with Crippen molar-refractivity contribution < 1.29 is 18.3 Å². The molecular formula is C26H35N3O4S2. The molecule has 0 fully saturated rings. The molecule has 35 heavy (non-hydrogen) atoms. The minimum atomic E-state index is -3.83. The summed E-state index contributed by atoms with van der Waals surface area (Å²) >= 11 is 1.59. The topological polar surface area (TPSA) is 99.6 Å². The number of rotatable bonds is 13. The Kier molecular flexibility index (Phi) is 10.9. The summed E-state index contributed by atoms with van der Waals surface area (Å²) in [4.78, 5) is 19.2. The lowest BCUT2D eigenvalue weighted by Crippen LogP contribution is -2.27. The third-order valence-corrected chi connectivity index (χ3v) is 8.02. The summed E-state index contributed by atoms with van der Waals surface area (Å²) < 4.78 is 28.0. The van der Waals surface area contributed by atoms with Crippen LogP contribution in [-0.2, 0) is 21.2 Å². The molecule has 0 spiro atoms. The second-order valence-corrected chi connectivity index (χ2v) is 10.8. The summed E-state index contributed by atoms with van der Waals surface area (Å²) in [6.45, 7) is 10.5. The molecule has 0 aliphatic heterocycles. The highest BCUT2D eigenvalue weighted by atomic mass is 32.2. The molecule has 0 bridgehead atoms. The number of hydrogen-bond acceptors (Lipinski definition) is 6. The molecule has 2 N–H and O–H groups in total. The summed E-state index contributed by atoms with van der Waals surface area (Å²) in [7, 11) is -3.83. The highest BCUT2D eigenvalue weighted by Gasteiger charge is 2.18. The number of aromatic nitrogens is 1. The highest BCUT2D eigenvalue weighted by Crippen LogP contribution is 2.30. The minimum Gasteiger partial charge on any atom is -0.478 e. The summed E-state index contributed by atoms with van der Waals surface area (Å²) in [5.74, 6) is -1.12. The second-order valence-electron chi connectivity index (χ2n) is 7.82. The molecule has 1 aromatic carbocycles. The Morgan fingerprint density at radius 3 is 2.60 bits per heavy atom. The zero-order valence-electron chi connectivity index (χ0n) is 21.0. The van der Waals surface area contributed by atoms with Crippen LogP contribution in [0.4, 0.5) is 5.69 Å². The molecule has 190 valence electrons. The molecule has 0 radical (unpaired) electrons. The molecular weight excluding hydrogens is 482 g/mol. The van der Waals surface area contributed by atoms with Crippen LogP contribution in [0.15, 0.2) is 59.2 Å². The number of nitrogens with zero attached hydrogens (tertiary/aromatic N) is 2. The molecule has 2 aromatic rings. The number of carboxylic acid groups (broad SMARTS) is 1. The van der Waals surface area contributed by atoms with Gasteiger partial charge in [-0.25, -0.2) is 22.9 Å². The van der Waals surface area contributed by atoms with Crippen molar-refractivity contribution in [1.82, 2.24) is 9.71 Å². The number of sulfonamides is 1. The second kappa shape index (κ2) is 13.4. The Labute approximate surface area is 213 Å². The lowest BCUT2D eigenvalue weighted by molar-refractivity contribution is -0.132. The van der Waals surface area contributed by atoms with Gasteiger partial charge in [-0.2, -0.15) is 0 Å². The van der Waals surface area contributed by atoms with Crippen LogP contribution in [0.5, 0.6) is 0 Å². The van der Waals surface area contributed by atoms with Crippen LogP contribution in [0.3, 0.4) is 0 Å². The molecule has 0 saturated heterocycles. The van der Waals surface area contributed by atoms with E-state index in [1.165, 1.54) is 12.2 Å². The van der Waals surface area contributed by atoms with Crippen LogP contribution in [-0.4, -0.2) is 37.6 Å². The SMILES string of the molecule is C/C=C(\C=C(/CC)C(=O)O)S(=O)(=O)NCCc1nc(-c2cccc(N(/C=C\CC)CC)c2)sc1C. The number of thiazole rings is 1. The largest absolute Gasteiger partial charge is 0.478 e. The Bertz CT molecular complexity index is 1210. The number of hydrogen-bond donors (Lipinski definition) is 2. The van der Waals surface area contributed by atoms with Gasteiger partial charge in [0.1, 0.15) is 5.01 Å². The van der Waals surface area contributed by atoms with E-state index in [4.69, 9.17) is 4.98 Å². The Morgan fingerprint density at radius 1 is 1.26 bits per heavy atom. The predicted octanol–water partition coefficient (Wildman–Crippen LogP) is 5.66. The van der Waals surface area contributed by atoms with Gasteiger partial charge in [0.2, 0.25) is 10.0 Å². The molecule has 1 aromatic heterocycles. The summed E-state index contributed by atoms with van der Waals surface area (Å²) in [6.07, 6.45) is 8.46. The van der Waals surface area contributed by atoms with Gasteiger partial charge in [-0.15, -0.1) is 11.3 Å². The maximum Gasteiger partial charge on any atom is 0.331 e. The Morgan fingerprint density at radius 2 is 2.00 bits per heavy atom. The van der Waals surface area contributed by atoms with Gasteiger partial charge in [-0.3, -0.25) is 0 Å². The molecule has 1 heterocycles. The molecule has 7 nitrogen and oxygen atoms in total. The smallest absolute Gasteiger partial charge is 0.331 e. The lowest BCUT2D eigenvalue weighted by atomic mass is 10.2. The molecule has 9 heteroatoms. The van der Waals surface area contributed by atoms with Crippen LogP contribution in [0, 0.1) is 6.92 Å². The Hall–Kier alpha value is -2.75. The molecule has 0 saturated carbocycles. The van der Waals surface area contributed by atoms with Gasteiger partial charge in [0, 0.05) is 41.2 Å². The first kappa shape index (κ1) is 28.5. The number of carbonyl (C=O) groups is 1.